The zero-order valence-electron chi connectivity index (χ0n) is 15.0. The highest BCUT2D eigenvalue weighted by atomic mass is 16.5. The summed E-state index contributed by atoms with van der Waals surface area (Å²) < 4.78 is 10.6. The van der Waals surface area contributed by atoms with E-state index in [1.54, 1.807) is 31.4 Å². The fraction of sp³-hybridized carbons (Fsp3) is 0.0952. The molecule has 7 heteroatoms. The Morgan fingerprint density at radius 1 is 1.04 bits per heavy atom. The van der Waals surface area contributed by atoms with Gasteiger partial charge in [0.05, 0.1) is 19.9 Å². The predicted molar refractivity (Wildman–Crippen MR) is 101 cm³/mol. The summed E-state index contributed by atoms with van der Waals surface area (Å²) in [7, 11) is 1.58. The standard InChI is InChI=1S/C21H16N2O5/c1-27-18-9-8-13(15-6-2-3-7-16(15)18)11-17-19(24)22-21(26)23(20(17)25)12-14-5-4-10-28-14/h2-11H,12H2,1H3,(H,22,24,26). The van der Waals surface area contributed by atoms with Gasteiger partial charge in [-0.15, -0.1) is 0 Å². The zero-order valence-corrected chi connectivity index (χ0v) is 15.0. The minimum atomic E-state index is -0.775. The highest BCUT2D eigenvalue weighted by Crippen LogP contribution is 2.30. The van der Waals surface area contributed by atoms with Crippen LogP contribution in [0.1, 0.15) is 11.3 Å². The molecule has 1 saturated heterocycles. The van der Waals surface area contributed by atoms with Gasteiger partial charge in [-0.3, -0.25) is 19.8 Å². The van der Waals surface area contributed by atoms with Gasteiger partial charge in [-0.2, -0.15) is 0 Å². The number of nitrogens with zero attached hydrogens (tertiary/aromatic N) is 1. The van der Waals surface area contributed by atoms with Crippen LogP contribution in [0.15, 0.2) is 64.8 Å². The molecule has 140 valence electrons. The van der Waals surface area contributed by atoms with Crippen LogP contribution in [0, 0.1) is 0 Å². The van der Waals surface area contributed by atoms with Crippen LogP contribution in [0.5, 0.6) is 5.75 Å². The number of methoxy groups -OCH3 is 1. The van der Waals surface area contributed by atoms with Crippen LogP contribution in [0.3, 0.4) is 0 Å². The molecule has 4 amide bonds. The first-order valence-corrected chi connectivity index (χ1v) is 8.55. The lowest BCUT2D eigenvalue weighted by Crippen LogP contribution is -2.53. The Morgan fingerprint density at radius 2 is 1.82 bits per heavy atom. The van der Waals surface area contributed by atoms with E-state index < -0.39 is 17.8 Å². The third-order valence-electron chi connectivity index (χ3n) is 4.52. The first-order valence-electron chi connectivity index (χ1n) is 8.55. The van der Waals surface area contributed by atoms with Crippen molar-refractivity contribution in [2.24, 2.45) is 0 Å². The fourth-order valence-corrected chi connectivity index (χ4v) is 3.15. The number of urea groups is 1. The van der Waals surface area contributed by atoms with Gasteiger partial charge in [0.25, 0.3) is 11.8 Å². The maximum Gasteiger partial charge on any atom is 0.331 e. The first-order chi connectivity index (χ1) is 13.6. The minimum absolute atomic E-state index is 0.0638. The van der Waals surface area contributed by atoms with Crippen molar-refractivity contribution in [1.29, 1.82) is 0 Å². The van der Waals surface area contributed by atoms with E-state index in [9.17, 15) is 14.4 Å². The van der Waals surface area contributed by atoms with E-state index in [1.165, 1.54) is 12.3 Å². The molecule has 1 aliphatic rings. The number of imide groups is 2. The number of hydrogen-bond acceptors (Lipinski definition) is 5. The Kier molecular flexibility index (Phi) is 4.41. The van der Waals surface area contributed by atoms with Gasteiger partial charge in [0.1, 0.15) is 17.1 Å². The van der Waals surface area contributed by atoms with Gasteiger partial charge in [-0.1, -0.05) is 30.3 Å². The van der Waals surface area contributed by atoms with E-state index in [-0.39, 0.29) is 12.1 Å². The van der Waals surface area contributed by atoms with Crippen LogP contribution in [0.2, 0.25) is 0 Å². The van der Waals surface area contributed by atoms with Crippen LogP contribution >= 0.6 is 0 Å². The number of hydrogen-bond donors (Lipinski definition) is 1. The van der Waals surface area contributed by atoms with E-state index in [4.69, 9.17) is 9.15 Å². The third kappa shape index (κ3) is 3.03. The van der Waals surface area contributed by atoms with Gasteiger partial charge in [-0.25, -0.2) is 4.79 Å². The molecule has 1 aromatic heterocycles. The summed E-state index contributed by atoms with van der Waals surface area (Å²) in [5, 5.41) is 3.88. The second-order valence-electron chi connectivity index (χ2n) is 6.19. The first kappa shape index (κ1) is 17.5. The molecule has 0 saturated carbocycles. The van der Waals surface area contributed by atoms with Crippen molar-refractivity contribution in [1.82, 2.24) is 10.2 Å². The molecule has 1 fully saturated rings. The Labute approximate surface area is 160 Å². The van der Waals surface area contributed by atoms with Crippen molar-refractivity contribution >= 4 is 34.7 Å². The highest BCUT2D eigenvalue weighted by molar-refractivity contribution is 6.31. The maximum atomic E-state index is 12.8. The zero-order chi connectivity index (χ0) is 19.7. The number of amides is 4. The van der Waals surface area contributed by atoms with Gasteiger partial charge in [0.2, 0.25) is 0 Å². The molecule has 28 heavy (non-hydrogen) atoms. The molecule has 1 N–H and O–H groups in total. The number of ether oxygens (including phenoxy) is 1. The minimum Gasteiger partial charge on any atom is -0.496 e. The molecule has 0 atom stereocenters. The molecular formula is C21H16N2O5. The normalized spacial score (nSPS) is 16.0. The summed E-state index contributed by atoms with van der Waals surface area (Å²) in [6, 6.07) is 13.6. The monoisotopic (exact) mass is 376 g/mol. The number of carbonyl (C=O) groups excluding carboxylic acids is 3. The molecule has 0 radical (unpaired) electrons. The lowest BCUT2D eigenvalue weighted by molar-refractivity contribution is -0.130. The van der Waals surface area contributed by atoms with Crippen LogP contribution in [-0.4, -0.2) is 29.9 Å². The molecule has 0 spiro atoms. The van der Waals surface area contributed by atoms with Crippen molar-refractivity contribution in [3.63, 3.8) is 0 Å². The van der Waals surface area contributed by atoms with E-state index in [1.807, 2.05) is 24.3 Å². The number of furan rings is 1. The summed E-state index contributed by atoms with van der Waals surface area (Å²) in [5.74, 6) is -0.283. The molecule has 2 aromatic carbocycles. The van der Waals surface area contributed by atoms with E-state index in [2.05, 4.69) is 5.32 Å². The quantitative estimate of drug-likeness (QED) is 0.558. The maximum absolute atomic E-state index is 12.8. The van der Waals surface area contributed by atoms with Crippen molar-refractivity contribution in [2.75, 3.05) is 7.11 Å². The van der Waals surface area contributed by atoms with Gasteiger partial charge in [0.15, 0.2) is 0 Å². The van der Waals surface area contributed by atoms with Crippen LogP contribution < -0.4 is 10.1 Å². The molecule has 2 heterocycles. The highest BCUT2D eigenvalue weighted by Gasteiger charge is 2.36. The number of benzene rings is 2. The summed E-state index contributed by atoms with van der Waals surface area (Å²) >= 11 is 0. The van der Waals surface area contributed by atoms with Gasteiger partial charge in [-0.05, 0) is 35.2 Å². The number of barbiturate groups is 1. The summed E-state index contributed by atoms with van der Waals surface area (Å²) in [6.07, 6.45) is 2.94. The Balaban J connectivity index is 1.76. The van der Waals surface area contributed by atoms with Crippen molar-refractivity contribution < 1.29 is 23.5 Å². The third-order valence-corrected chi connectivity index (χ3v) is 4.52. The molecule has 7 nitrogen and oxygen atoms in total. The lowest BCUT2D eigenvalue weighted by Gasteiger charge is -2.25. The molecule has 0 aliphatic carbocycles. The molecule has 1 aliphatic heterocycles. The second kappa shape index (κ2) is 7.03. The predicted octanol–water partition coefficient (Wildman–Crippen LogP) is 3.10. The average Bonchev–Trinajstić information content (AvgIpc) is 3.21. The number of carbonyl (C=O) groups is 3. The molecule has 0 bridgehead atoms. The smallest absolute Gasteiger partial charge is 0.331 e. The molecule has 4 rings (SSSR count). The average molecular weight is 376 g/mol. The van der Waals surface area contributed by atoms with Crippen LogP contribution in [0.25, 0.3) is 16.8 Å². The largest absolute Gasteiger partial charge is 0.496 e. The summed E-state index contributed by atoms with van der Waals surface area (Å²) in [4.78, 5) is 38.2. The number of nitrogens with one attached hydrogen (secondary N) is 1. The van der Waals surface area contributed by atoms with Gasteiger partial charge in [0, 0.05) is 5.39 Å². The summed E-state index contributed by atoms with van der Waals surface area (Å²) in [6.45, 7) is -0.0638. The Morgan fingerprint density at radius 3 is 2.54 bits per heavy atom. The summed E-state index contributed by atoms with van der Waals surface area (Å²) in [5.41, 5.74) is 0.545. The topological polar surface area (TPSA) is 88.8 Å². The molecule has 0 unspecified atom stereocenters. The van der Waals surface area contributed by atoms with E-state index in [0.717, 1.165) is 15.7 Å². The van der Waals surface area contributed by atoms with Crippen molar-refractivity contribution in [3.05, 3.63) is 71.7 Å². The SMILES string of the molecule is COc1ccc(C=C2C(=O)NC(=O)N(Cc3ccco3)C2=O)c2ccccc12. The van der Waals surface area contributed by atoms with E-state index in [0.29, 0.717) is 17.1 Å². The van der Waals surface area contributed by atoms with Crippen LogP contribution in [0.4, 0.5) is 4.79 Å². The molecule has 3 aromatic rings. The second-order valence-corrected chi connectivity index (χ2v) is 6.19. The Hall–Kier alpha value is -3.87. The van der Waals surface area contributed by atoms with Gasteiger partial charge < -0.3 is 9.15 Å². The lowest BCUT2D eigenvalue weighted by atomic mass is 10.00. The fourth-order valence-electron chi connectivity index (χ4n) is 3.15. The van der Waals surface area contributed by atoms with Crippen molar-refractivity contribution in [3.8, 4) is 5.75 Å². The number of fused-ring (bicyclic) bond motifs is 1. The van der Waals surface area contributed by atoms with Crippen LogP contribution in [-0.2, 0) is 16.1 Å². The van der Waals surface area contributed by atoms with E-state index >= 15 is 0 Å². The van der Waals surface area contributed by atoms with Gasteiger partial charge >= 0.3 is 6.03 Å². The Bertz CT molecular complexity index is 1120. The molecular weight excluding hydrogens is 360 g/mol. The van der Waals surface area contributed by atoms with Crippen molar-refractivity contribution in [2.45, 2.75) is 6.54 Å². The number of rotatable bonds is 4.